The second-order valence-electron chi connectivity index (χ2n) is 13.8. The Morgan fingerprint density at radius 3 is 1.67 bits per heavy atom. The maximum absolute atomic E-state index is 13.2. The summed E-state index contributed by atoms with van der Waals surface area (Å²) in [5.74, 6) is -2.71. The van der Waals surface area contributed by atoms with Crippen LogP contribution in [0.25, 0.3) is 0 Å². The van der Waals surface area contributed by atoms with Gasteiger partial charge in [0.25, 0.3) is 11.8 Å². The highest BCUT2D eigenvalue weighted by Crippen LogP contribution is 2.32. The number of rotatable bonds is 33. The standard InChI is InChI=1S/C40H62N4O14/c45-35(42-33-6-4-5-32-37(33)40(49)44(39(32)48)34-8-9-36(46)43-38(34)47)7-2-1-3-14-50-15-16-51-17-18-52-19-20-53-21-22-54-23-24-55-25-26-56-27-28-57-29-30-58-31-10-12-41-13-11-31/h4-6,31,34,41H,1-3,7-30H2,(H,42,45)(H,43,46,47). The molecular weight excluding hydrogens is 760 g/mol. The molecule has 2 fully saturated rings. The van der Waals surface area contributed by atoms with Crippen LogP contribution in [-0.4, -0.2) is 172 Å². The molecule has 1 unspecified atom stereocenters. The van der Waals surface area contributed by atoms with Crippen LogP contribution >= 0.6 is 0 Å². The van der Waals surface area contributed by atoms with Crippen molar-refractivity contribution in [2.45, 2.75) is 63.5 Å². The lowest BCUT2D eigenvalue weighted by Gasteiger charge is -2.27. The molecule has 18 heteroatoms. The highest BCUT2D eigenvalue weighted by molar-refractivity contribution is 6.26. The molecule has 0 aliphatic carbocycles. The van der Waals surface area contributed by atoms with Crippen LogP contribution in [0.1, 0.15) is 72.1 Å². The maximum atomic E-state index is 13.2. The molecule has 18 nitrogen and oxygen atoms in total. The van der Waals surface area contributed by atoms with Gasteiger partial charge in [-0.25, -0.2) is 0 Å². The average molecular weight is 823 g/mol. The van der Waals surface area contributed by atoms with Crippen molar-refractivity contribution in [1.29, 1.82) is 0 Å². The molecule has 58 heavy (non-hydrogen) atoms. The van der Waals surface area contributed by atoms with E-state index in [0.717, 1.165) is 43.7 Å². The molecule has 4 rings (SSSR count). The number of piperidine rings is 2. The summed E-state index contributed by atoms with van der Waals surface area (Å²) in [5.41, 5.74) is 0.388. The van der Waals surface area contributed by atoms with Gasteiger partial charge in [0.15, 0.2) is 0 Å². The van der Waals surface area contributed by atoms with E-state index in [9.17, 15) is 24.0 Å². The highest BCUT2D eigenvalue weighted by Gasteiger charge is 2.45. The Bertz CT molecular complexity index is 1400. The van der Waals surface area contributed by atoms with Crippen molar-refractivity contribution in [3.05, 3.63) is 29.3 Å². The zero-order valence-corrected chi connectivity index (χ0v) is 33.6. The van der Waals surface area contributed by atoms with Gasteiger partial charge in [-0.15, -0.1) is 0 Å². The molecule has 0 aromatic heterocycles. The summed E-state index contributed by atoms with van der Waals surface area (Å²) in [7, 11) is 0. The largest absolute Gasteiger partial charge is 0.379 e. The molecule has 0 spiro atoms. The van der Waals surface area contributed by atoms with Crippen LogP contribution in [0.5, 0.6) is 0 Å². The van der Waals surface area contributed by atoms with Gasteiger partial charge in [-0.2, -0.15) is 0 Å². The van der Waals surface area contributed by atoms with Gasteiger partial charge >= 0.3 is 0 Å². The minimum Gasteiger partial charge on any atom is -0.379 e. The molecule has 2 saturated heterocycles. The number of hydrogen-bond acceptors (Lipinski definition) is 15. The van der Waals surface area contributed by atoms with Crippen LogP contribution in [0, 0.1) is 0 Å². The van der Waals surface area contributed by atoms with Crippen molar-refractivity contribution in [3.63, 3.8) is 0 Å². The second-order valence-corrected chi connectivity index (χ2v) is 13.8. The quantitative estimate of drug-likeness (QED) is 0.0678. The Hall–Kier alpha value is -3.43. The summed E-state index contributed by atoms with van der Waals surface area (Å²) in [4.78, 5) is 63.5. The zero-order chi connectivity index (χ0) is 41.0. The van der Waals surface area contributed by atoms with Crippen molar-refractivity contribution >= 4 is 35.2 Å². The van der Waals surface area contributed by atoms with Gasteiger partial charge in [0, 0.05) is 19.4 Å². The molecule has 0 radical (unpaired) electrons. The normalized spacial score (nSPS) is 17.2. The van der Waals surface area contributed by atoms with Crippen molar-refractivity contribution in [2.75, 3.05) is 131 Å². The highest BCUT2D eigenvalue weighted by atomic mass is 16.6. The van der Waals surface area contributed by atoms with E-state index in [1.54, 1.807) is 12.1 Å². The lowest BCUT2D eigenvalue weighted by atomic mass is 10.0. The number of imide groups is 2. The van der Waals surface area contributed by atoms with Crippen LogP contribution in [0.4, 0.5) is 5.69 Å². The lowest BCUT2D eigenvalue weighted by Crippen LogP contribution is -2.54. The molecule has 1 atom stereocenters. The number of ether oxygens (including phenoxy) is 9. The fourth-order valence-electron chi connectivity index (χ4n) is 6.38. The van der Waals surface area contributed by atoms with E-state index >= 15 is 0 Å². The number of unbranched alkanes of at least 4 members (excludes halogenated alkanes) is 2. The van der Waals surface area contributed by atoms with E-state index in [1.165, 1.54) is 6.07 Å². The van der Waals surface area contributed by atoms with Crippen LogP contribution in [0.3, 0.4) is 0 Å². The van der Waals surface area contributed by atoms with E-state index in [-0.39, 0.29) is 42.0 Å². The third kappa shape index (κ3) is 17.8. The Kier molecular flexibility index (Phi) is 23.5. The Balaban J connectivity index is 0.844. The molecule has 326 valence electrons. The smallest absolute Gasteiger partial charge is 0.264 e. The molecule has 1 aromatic carbocycles. The van der Waals surface area contributed by atoms with Crippen LogP contribution in [0.2, 0.25) is 0 Å². The fraction of sp³-hybridized carbons (Fsp3) is 0.725. The minimum absolute atomic E-state index is 0.0297. The van der Waals surface area contributed by atoms with Crippen LogP contribution in [-0.2, 0) is 57.0 Å². The Labute approximate surface area is 340 Å². The molecule has 3 aliphatic heterocycles. The van der Waals surface area contributed by atoms with Gasteiger partial charge in [0.05, 0.1) is 129 Å². The molecule has 5 amide bonds. The Morgan fingerprint density at radius 1 is 0.621 bits per heavy atom. The van der Waals surface area contributed by atoms with Gasteiger partial charge < -0.3 is 53.3 Å². The van der Waals surface area contributed by atoms with Gasteiger partial charge in [0.1, 0.15) is 6.04 Å². The van der Waals surface area contributed by atoms with Crippen LogP contribution in [0.15, 0.2) is 18.2 Å². The maximum Gasteiger partial charge on any atom is 0.264 e. The predicted octanol–water partition coefficient (Wildman–Crippen LogP) is 1.49. The molecule has 3 N–H and O–H groups in total. The molecule has 3 aliphatic rings. The number of carbonyl (C=O) groups excluding carboxylic acids is 5. The zero-order valence-electron chi connectivity index (χ0n) is 33.6. The number of benzene rings is 1. The third-order valence-electron chi connectivity index (χ3n) is 9.41. The first-order chi connectivity index (χ1) is 28.5. The molecule has 3 heterocycles. The van der Waals surface area contributed by atoms with Gasteiger partial charge in [-0.3, -0.25) is 34.2 Å². The first-order valence-electron chi connectivity index (χ1n) is 20.5. The Morgan fingerprint density at radius 2 is 1.14 bits per heavy atom. The molecule has 0 saturated carbocycles. The summed E-state index contributed by atoms with van der Waals surface area (Å²) in [6, 6.07) is 3.54. The number of anilines is 1. The fourth-order valence-corrected chi connectivity index (χ4v) is 6.38. The summed E-state index contributed by atoms with van der Waals surface area (Å²) < 4.78 is 50.0. The van der Waals surface area contributed by atoms with Gasteiger partial charge in [-0.05, 0) is 57.3 Å². The van der Waals surface area contributed by atoms with Gasteiger partial charge in [-0.1, -0.05) is 12.5 Å². The number of fused-ring (bicyclic) bond motifs is 1. The second kappa shape index (κ2) is 28.9. The number of nitrogens with one attached hydrogen (secondary N) is 3. The predicted molar refractivity (Wildman–Crippen MR) is 209 cm³/mol. The van der Waals surface area contributed by atoms with Crippen LogP contribution < -0.4 is 16.0 Å². The number of nitrogens with zero attached hydrogens (tertiary/aromatic N) is 1. The lowest BCUT2D eigenvalue weighted by molar-refractivity contribution is -0.136. The summed E-state index contributed by atoms with van der Waals surface area (Å²) in [6.07, 6.45) is 4.95. The van der Waals surface area contributed by atoms with E-state index in [1.807, 2.05) is 0 Å². The minimum atomic E-state index is -1.07. The number of hydrogen-bond donors (Lipinski definition) is 3. The topological polar surface area (TPSA) is 208 Å². The van der Waals surface area contributed by atoms with Crippen molar-refractivity contribution in [2.24, 2.45) is 0 Å². The molecule has 1 aromatic rings. The summed E-state index contributed by atoms with van der Waals surface area (Å²) >= 11 is 0. The van der Waals surface area contributed by atoms with E-state index in [0.29, 0.717) is 125 Å². The first kappa shape index (κ1) is 47.3. The monoisotopic (exact) mass is 822 g/mol. The van der Waals surface area contributed by atoms with Crippen molar-refractivity contribution in [3.8, 4) is 0 Å². The van der Waals surface area contributed by atoms with Crippen molar-refractivity contribution in [1.82, 2.24) is 15.5 Å². The molecule has 0 bridgehead atoms. The van der Waals surface area contributed by atoms with E-state index in [2.05, 4.69) is 16.0 Å². The SMILES string of the molecule is O=C1CCC(N2C(=O)c3cccc(NC(=O)CCCCCOCCOCCOCCOCCOCCOCCOCCOCCOC4CCNCC4)c3C2=O)C(=O)N1. The average Bonchev–Trinajstić information content (AvgIpc) is 3.48. The first-order valence-corrected chi connectivity index (χ1v) is 20.5. The number of amides is 5. The summed E-state index contributed by atoms with van der Waals surface area (Å²) in [5, 5.41) is 8.23. The van der Waals surface area contributed by atoms with Crippen molar-refractivity contribution < 1.29 is 66.6 Å². The van der Waals surface area contributed by atoms with Gasteiger partial charge in [0.2, 0.25) is 17.7 Å². The third-order valence-corrected chi connectivity index (χ3v) is 9.41. The van der Waals surface area contributed by atoms with E-state index < -0.39 is 29.7 Å². The number of carbonyl (C=O) groups is 5. The van der Waals surface area contributed by atoms with E-state index in [4.69, 9.17) is 42.6 Å². The summed E-state index contributed by atoms with van der Waals surface area (Å²) in [6.45, 7) is 10.6. The molecular formula is C40H62N4O14.